The first-order valence-corrected chi connectivity index (χ1v) is 9.86. The molecule has 0 spiro atoms. The Morgan fingerprint density at radius 2 is 1.82 bits per heavy atom. The van der Waals surface area contributed by atoms with Crippen LogP contribution < -0.4 is 15.9 Å². The number of nitrogens with zero attached hydrogens (tertiary/aromatic N) is 5. The van der Waals surface area contributed by atoms with Gasteiger partial charge in [-0.3, -0.25) is 4.79 Å². The Labute approximate surface area is 191 Å². The first kappa shape index (κ1) is 22.5. The highest BCUT2D eigenvalue weighted by atomic mass is 19.4. The average Bonchev–Trinajstić information content (AvgIpc) is 3.34. The third-order valence-electron chi connectivity index (χ3n) is 4.50. The Hall–Kier alpha value is -4.67. The van der Waals surface area contributed by atoms with Crippen LogP contribution in [-0.4, -0.2) is 31.6 Å². The van der Waals surface area contributed by atoms with Gasteiger partial charge in [-0.25, -0.2) is 14.4 Å². The topological polar surface area (TPSA) is 100 Å². The van der Waals surface area contributed by atoms with Gasteiger partial charge in [0.25, 0.3) is 0 Å². The van der Waals surface area contributed by atoms with E-state index in [0.717, 1.165) is 4.68 Å². The minimum absolute atomic E-state index is 0.0507. The molecule has 8 nitrogen and oxygen atoms in total. The van der Waals surface area contributed by atoms with Gasteiger partial charge in [0.1, 0.15) is 5.69 Å². The second kappa shape index (κ2) is 9.45. The van der Waals surface area contributed by atoms with Crippen molar-refractivity contribution in [1.82, 2.24) is 19.6 Å². The van der Waals surface area contributed by atoms with Crippen LogP contribution in [0.25, 0.3) is 11.4 Å². The van der Waals surface area contributed by atoms with Gasteiger partial charge < -0.3 is 10.5 Å². The summed E-state index contributed by atoms with van der Waals surface area (Å²) in [5.74, 6) is -0.529. The van der Waals surface area contributed by atoms with Crippen LogP contribution in [0, 0.1) is 0 Å². The van der Waals surface area contributed by atoms with Crippen molar-refractivity contribution in [2.45, 2.75) is 6.36 Å². The van der Waals surface area contributed by atoms with Crippen LogP contribution in [0.1, 0.15) is 5.69 Å². The molecule has 0 atom stereocenters. The molecule has 0 unspecified atom stereocenters. The Kier molecular flexibility index (Phi) is 6.26. The van der Waals surface area contributed by atoms with Gasteiger partial charge in [-0.05, 0) is 42.6 Å². The number of para-hydroxylation sites is 1. The highest BCUT2D eigenvalue weighted by Gasteiger charge is 2.32. The fourth-order valence-electron chi connectivity index (χ4n) is 3.08. The zero-order valence-corrected chi connectivity index (χ0v) is 17.4. The first-order valence-electron chi connectivity index (χ1n) is 9.86. The number of hydrogen-bond acceptors (Lipinski definition) is 6. The molecule has 0 aliphatic carbocycles. The van der Waals surface area contributed by atoms with E-state index in [2.05, 4.69) is 19.9 Å². The maximum atomic E-state index is 13.2. The quantitative estimate of drug-likeness (QED) is 0.435. The molecule has 0 amide bonds. The number of aromatic nitrogens is 4. The number of halogens is 3. The maximum absolute atomic E-state index is 13.2. The van der Waals surface area contributed by atoms with E-state index in [1.807, 2.05) is 0 Å². The summed E-state index contributed by atoms with van der Waals surface area (Å²) in [6, 6.07) is 15.7. The van der Waals surface area contributed by atoms with Crippen molar-refractivity contribution in [2.24, 2.45) is 10.7 Å². The van der Waals surface area contributed by atoms with Gasteiger partial charge in [0.05, 0.1) is 17.1 Å². The molecule has 0 aliphatic rings. The monoisotopic (exact) mass is 466 g/mol. The third kappa shape index (κ3) is 5.21. The van der Waals surface area contributed by atoms with Crippen molar-refractivity contribution in [3.05, 3.63) is 107 Å². The molecule has 0 saturated carbocycles. The smallest absolute Gasteiger partial charge is 0.405 e. The van der Waals surface area contributed by atoms with Crippen LogP contribution in [0.3, 0.4) is 0 Å². The number of benzene rings is 2. The van der Waals surface area contributed by atoms with Crippen LogP contribution >= 0.6 is 0 Å². The molecule has 4 aromatic rings. The molecule has 2 aromatic carbocycles. The zero-order chi connectivity index (χ0) is 24.1. The lowest BCUT2D eigenvalue weighted by Gasteiger charge is -2.16. The SMILES string of the molecule is NC=CC(=Nc1ccccc1)c1nn(-c2ccc(-n3cccn3)cc2OC(F)(F)F)ccc1=O. The molecule has 0 aliphatic heterocycles. The molecule has 4 rings (SSSR count). The number of aliphatic imine (C=N–C) groups is 1. The lowest BCUT2D eigenvalue weighted by Crippen LogP contribution is -2.22. The summed E-state index contributed by atoms with van der Waals surface area (Å²) in [5, 5.41) is 8.25. The number of ether oxygens (including phenoxy) is 1. The van der Waals surface area contributed by atoms with E-state index in [1.54, 1.807) is 48.7 Å². The average molecular weight is 466 g/mol. The summed E-state index contributed by atoms with van der Waals surface area (Å²) in [6.45, 7) is 0. The fourth-order valence-corrected chi connectivity index (χ4v) is 3.08. The zero-order valence-electron chi connectivity index (χ0n) is 17.4. The Morgan fingerprint density at radius 3 is 2.50 bits per heavy atom. The highest BCUT2D eigenvalue weighted by Crippen LogP contribution is 2.30. The van der Waals surface area contributed by atoms with Crippen LogP contribution in [0.4, 0.5) is 18.9 Å². The predicted molar refractivity (Wildman–Crippen MR) is 120 cm³/mol. The Bertz CT molecular complexity index is 1390. The summed E-state index contributed by atoms with van der Waals surface area (Å²) in [7, 11) is 0. The molecule has 11 heteroatoms. The lowest BCUT2D eigenvalue weighted by molar-refractivity contribution is -0.274. The second-order valence-corrected chi connectivity index (χ2v) is 6.82. The van der Waals surface area contributed by atoms with Gasteiger partial charge in [-0.1, -0.05) is 18.2 Å². The standard InChI is InChI=1S/C23H17F3N6O2/c24-23(25,26)34-21-15-17(31-13-4-12-28-31)7-8-19(21)32-14-10-20(33)22(30-32)18(9-11-27)29-16-5-2-1-3-6-16/h1-15H,27H2. The van der Waals surface area contributed by atoms with E-state index >= 15 is 0 Å². The maximum Gasteiger partial charge on any atom is 0.573 e. The summed E-state index contributed by atoms with van der Waals surface area (Å²) >= 11 is 0. The molecule has 2 aromatic heterocycles. The largest absolute Gasteiger partial charge is 0.573 e. The number of alkyl halides is 3. The van der Waals surface area contributed by atoms with Crippen LogP contribution in [0.2, 0.25) is 0 Å². The predicted octanol–water partition coefficient (Wildman–Crippen LogP) is 3.91. The van der Waals surface area contributed by atoms with Crippen molar-refractivity contribution in [3.63, 3.8) is 0 Å². The van der Waals surface area contributed by atoms with Crippen molar-refractivity contribution in [1.29, 1.82) is 0 Å². The van der Waals surface area contributed by atoms with Crippen molar-refractivity contribution in [2.75, 3.05) is 0 Å². The molecular formula is C23H17F3N6O2. The number of allylic oxidation sites excluding steroid dienone is 1. The van der Waals surface area contributed by atoms with E-state index in [4.69, 9.17) is 5.73 Å². The molecule has 0 fully saturated rings. The van der Waals surface area contributed by atoms with E-state index in [1.165, 1.54) is 47.6 Å². The summed E-state index contributed by atoms with van der Waals surface area (Å²) in [5.41, 5.74) is 5.89. The van der Waals surface area contributed by atoms with Crippen molar-refractivity contribution in [3.8, 4) is 17.1 Å². The summed E-state index contributed by atoms with van der Waals surface area (Å²) in [6.07, 6.45) is 1.93. The number of nitrogens with two attached hydrogens (primary N) is 1. The summed E-state index contributed by atoms with van der Waals surface area (Å²) < 4.78 is 46.2. The third-order valence-corrected chi connectivity index (χ3v) is 4.50. The molecule has 0 bridgehead atoms. The molecular weight excluding hydrogens is 449 g/mol. The molecule has 34 heavy (non-hydrogen) atoms. The van der Waals surface area contributed by atoms with Crippen molar-refractivity contribution >= 4 is 11.4 Å². The minimum Gasteiger partial charge on any atom is -0.405 e. The Balaban J connectivity index is 1.84. The number of hydrogen-bond donors (Lipinski definition) is 1. The highest BCUT2D eigenvalue weighted by molar-refractivity contribution is 6.08. The van der Waals surface area contributed by atoms with E-state index < -0.39 is 17.5 Å². The van der Waals surface area contributed by atoms with E-state index in [0.29, 0.717) is 11.4 Å². The Morgan fingerprint density at radius 1 is 1.03 bits per heavy atom. The van der Waals surface area contributed by atoms with Gasteiger partial charge in [-0.15, -0.1) is 13.2 Å². The van der Waals surface area contributed by atoms with Gasteiger partial charge in [0, 0.05) is 30.7 Å². The molecule has 172 valence electrons. The number of rotatable bonds is 6. The molecule has 2 heterocycles. The second-order valence-electron chi connectivity index (χ2n) is 6.82. The molecule has 2 N–H and O–H groups in total. The fraction of sp³-hybridized carbons (Fsp3) is 0.0435. The normalized spacial score (nSPS) is 12.3. The van der Waals surface area contributed by atoms with Gasteiger partial charge >= 0.3 is 6.36 Å². The van der Waals surface area contributed by atoms with E-state index in [-0.39, 0.29) is 17.1 Å². The van der Waals surface area contributed by atoms with Gasteiger partial charge in [0.2, 0.25) is 5.43 Å². The van der Waals surface area contributed by atoms with Gasteiger partial charge in [-0.2, -0.15) is 10.2 Å². The van der Waals surface area contributed by atoms with Gasteiger partial charge in [0.15, 0.2) is 11.4 Å². The minimum atomic E-state index is -4.96. The van der Waals surface area contributed by atoms with E-state index in [9.17, 15) is 18.0 Å². The van der Waals surface area contributed by atoms with Crippen molar-refractivity contribution < 1.29 is 17.9 Å². The van der Waals surface area contributed by atoms with Crippen LogP contribution in [0.15, 0.2) is 101 Å². The van der Waals surface area contributed by atoms with Crippen LogP contribution in [-0.2, 0) is 0 Å². The lowest BCUT2D eigenvalue weighted by atomic mass is 10.2. The molecule has 0 radical (unpaired) electrons. The first-order chi connectivity index (χ1) is 16.3. The van der Waals surface area contributed by atoms with Crippen LogP contribution in [0.5, 0.6) is 5.75 Å². The summed E-state index contributed by atoms with van der Waals surface area (Å²) in [4.78, 5) is 17.0. The molecule has 0 saturated heterocycles.